The molecule has 7 heteroatoms. The number of halogens is 1. The SMILES string of the molecule is COC(CNc1ccc2nnc(C(C)(C)C)n2n1)c1cccc(Cl)c1. The molecule has 2 aromatic heterocycles. The molecular weight excluding hydrogens is 338 g/mol. The zero-order valence-corrected chi connectivity index (χ0v) is 15.6. The Morgan fingerprint density at radius 2 is 2.00 bits per heavy atom. The molecule has 0 amide bonds. The van der Waals surface area contributed by atoms with Crippen LogP contribution in [-0.2, 0) is 10.2 Å². The number of rotatable bonds is 5. The van der Waals surface area contributed by atoms with Crippen LogP contribution in [0.1, 0.15) is 38.3 Å². The molecule has 0 saturated carbocycles. The van der Waals surface area contributed by atoms with Gasteiger partial charge in [-0.15, -0.1) is 15.3 Å². The molecule has 0 radical (unpaired) electrons. The van der Waals surface area contributed by atoms with Crippen molar-refractivity contribution in [1.29, 1.82) is 0 Å². The Bertz CT molecular complexity index is 871. The highest BCUT2D eigenvalue weighted by molar-refractivity contribution is 6.30. The van der Waals surface area contributed by atoms with Crippen molar-refractivity contribution in [3.05, 3.63) is 52.8 Å². The van der Waals surface area contributed by atoms with E-state index in [2.05, 4.69) is 41.4 Å². The van der Waals surface area contributed by atoms with Gasteiger partial charge in [-0.2, -0.15) is 4.52 Å². The summed E-state index contributed by atoms with van der Waals surface area (Å²) < 4.78 is 7.36. The van der Waals surface area contributed by atoms with Crippen molar-refractivity contribution in [2.24, 2.45) is 0 Å². The van der Waals surface area contributed by atoms with Crippen LogP contribution in [0.5, 0.6) is 0 Å². The lowest BCUT2D eigenvalue weighted by Gasteiger charge is -2.18. The molecule has 0 aliphatic heterocycles. The maximum Gasteiger partial charge on any atom is 0.178 e. The van der Waals surface area contributed by atoms with Gasteiger partial charge in [-0.1, -0.05) is 44.5 Å². The third-order valence-corrected chi connectivity index (χ3v) is 4.14. The Morgan fingerprint density at radius 1 is 1.20 bits per heavy atom. The first-order valence-corrected chi connectivity index (χ1v) is 8.51. The molecule has 0 aliphatic rings. The van der Waals surface area contributed by atoms with Crippen molar-refractivity contribution >= 4 is 23.1 Å². The van der Waals surface area contributed by atoms with Crippen molar-refractivity contribution < 1.29 is 4.74 Å². The molecule has 1 atom stereocenters. The topological polar surface area (TPSA) is 64.3 Å². The van der Waals surface area contributed by atoms with E-state index in [1.165, 1.54) is 0 Å². The zero-order valence-electron chi connectivity index (χ0n) is 14.8. The van der Waals surface area contributed by atoms with Gasteiger partial charge in [0.1, 0.15) is 5.82 Å². The lowest BCUT2D eigenvalue weighted by Crippen LogP contribution is -2.19. The quantitative estimate of drug-likeness (QED) is 0.749. The molecule has 0 bridgehead atoms. The molecule has 25 heavy (non-hydrogen) atoms. The number of nitrogens with one attached hydrogen (secondary N) is 1. The van der Waals surface area contributed by atoms with Crippen molar-refractivity contribution in [3.8, 4) is 0 Å². The van der Waals surface area contributed by atoms with Gasteiger partial charge in [-0.3, -0.25) is 0 Å². The summed E-state index contributed by atoms with van der Waals surface area (Å²) in [5, 5.41) is 17.1. The van der Waals surface area contributed by atoms with E-state index in [0.717, 1.165) is 22.9 Å². The minimum absolute atomic E-state index is 0.126. The van der Waals surface area contributed by atoms with Crippen molar-refractivity contribution in [2.45, 2.75) is 32.3 Å². The normalized spacial score (nSPS) is 13.2. The summed E-state index contributed by atoms with van der Waals surface area (Å²) in [6.07, 6.45) is -0.126. The highest BCUT2D eigenvalue weighted by Gasteiger charge is 2.22. The second-order valence-electron chi connectivity index (χ2n) is 6.92. The largest absolute Gasteiger partial charge is 0.375 e. The fourth-order valence-corrected chi connectivity index (χ4v) is 2.79. The van der Waals surface area contributed by atoms with Crippen LogP contribution in [0.15, 0.2) is 36.4 Å². The van der Waals surface area contributed by atoms with Crippen LogP contribution in [0, 0.1) is 0 Å². The summed E-state index contributed by atoms with van der Waals surface area (Å²) in [6.45, 7) is 6.84. The van der Waals surface area contributed by atoms with Crippen LogP contribution in [0.4, 0.5) is 5.82 Å². The molecule has 132 valence electrons. The second-order valence-corrected chi connectivity index (χ2v) is 7.36. The zero-order chi connectivity index (χ0) is 18.0. The number of nitrogens with zero attached hydrogens (tertiary/aromatic N) is 4. The number of anilines is 1. The van der Waals surface area contributed by atoms with E-state index in [9.17, 15) is 0 Å². The van der Waals surface area contributed by atoms with Crippen LogP contribution >= 0.6 is 11.6 Å². The van der Waals surface area contributed by atoms with Gasteiger partial charge in [-0.25, -0.2) is 0 Å². The first kappa shape index (κ1) is 17.6. The van der Waals surface area contributed by atoms with Crippen molar-refractivity contribution in [1.82, 2.24) is 19.8 Å². The third kappa shape index (κ3) is 3.91. The maximum atomic E-state index is 6.07. The molecule has 0 fully saturated rings. The van der Waals surface area contributed by atoms with Gasteiger partial charge in [-0.05, 0) is 29.8 Å². The van der Waals surface area contributed by atoms with E-state index in [4.69, 9.17) is 16.3 Å². The van der Waals surface area contributed by atoms with Crippen LogP contribution in [0.2, 0.25) is 5.02 Å². The van der Waals surface area contributed by atoms with E-state index >= 15 is 0 Å². The smallest absolute Gasteiger partial charge is 0.178 e. The van der Waals surface area contributed by atoms with E-state index in [1.807, 2.05) is 36.4 Å². The lowest BCUT2D eigenvalue weighted by molar-refractivity contribution is 0.114. The fourth-order valence-electron chi connectivity index (χ4n) is 2.59. The van der Waals surface area contributed by atoms with Gasteiger partial charge in [0.2, 0.25) is 0 Å². The van der Waals surface area contributed by atoms with E-state index < -0.39 is 0 Å². The molecule has 1 unspecified atom stereocenters. The van der Waals surface area contributed by atoms with Crippen LogP contribution in [0.3, 0.4) is 0 Å². The summed E-state index contributed by atoms with van der Waals surface area (Å²) in [5.74, 6) is 1.56. The number of hydrogen-bond donors (Lipinski definition) is 1. The molecular formula is C18H22ClN5O. The van der Waals surface area contributed by atoms with Gasteiger partial charge in [0, 0.05) is 24.1 Å². The molecule has 6 nitrogen and oxygen atoms in total. The van der Waals surface area contributed by atoms with Gasteiger partial charge < -0.3 is 10.1 Å². The number of hydrogen-bond acceptors (Lipinski definition) is 5. The van der Waals surface area contributed by atoms with Crippen molar-refractivity contribution in [3.63, 3.8) is 0 Å². The predicted molar refractivity (Wildman–Crippen MR) is 99.2 cm³/mol. The molecule has 0 spiro atoms. The average Bonchev–Trinajstić information content (AvgIpc) is 2.99. The molecule has 1 aromatic carbocycles. The number of aromatic nitrogens is 4. The van der Waals surface area contributed by atoms with E-state index in [-0.39, 0.29) is 11.5 Å². The van der Waals surface area contributed by atoms with Crippen LogP contribution < -0.4 is 5.32 Å². The molecule has 1 N–H and O–H groups in total. The molecule has 0 aliphatic carbocycles. The van der Waals surface area contributed by atoms with E-state index in [1.54, 1.807) is 11.6 Å². The summed E-state index contributed by atoms with van der Waals surface area (Å²) in [4.78, 5) is 0. The van der Waals surface area contributed by atoms with E-state index in [0.29, 0.717) is 11.6 Å². The Labute approximate surface area is 152 Å². The Hall–Kier alpha value is -2.18. The second kappa shape index (κ2) is 6.98. The summed E-state index contributed by atoms with van der Waals surface area (Å²) in [6, 6.07) is 11.5. The summed E-state index contributed by atoms with van der Waals surface area (Å²) >= 11 is 6.07. The monoisotopic (exact) mass is 359 g/mol. The highest BCUT2D eigenvalue weighted by Crippen LogP contribution is 2.22. The standard InChI is InChI=1S/C18H22ClN5O/c1-18(2,3)17-22-21-16-9-8-15(23-24(16)17)20-11-14(25-4)12-6-5-7-13(19)10-12/h5-10,14H,11H2,1-4H3,(H,20,23). The van der Waals surface area contributed by atoms with Crippen molar-refractivity contribution in [2.75, 3.05) is 19.0 Å². The maximum absolute atomic E-state index is 6.07. The van der Waals surface area contributed by atoms with Gasteiger partial charge >= 0.3 is 0 Å². The first-order chi connectivity index (χ1) is 11.9. The number of benzene rings is 1. The third-order valence-electron chi connectivity index (χ3n) is 3.91. The molecule has 2 heterocycles. The van der Waals surface area contributed by atoms with Gasteiger partial charge in [0.15, 0.2) is 11.5 Å². The lowest BCUT2D eigenvalue weighted by atomic mass is 9.96. The fraction of sp³-hybridized carbons (Fsp3) is 0.389. The number of fused-ring (bicyclic) bond motifs is 1. The summed E-state index contributed by atoms with van der Waals surface area (Å²) in [7, 11) is 1.68. The Balaban J connectivity index is 1.80. The molecule has 3 aromatic rings. The predicted octanol–water partition coefficient (Wildman–Crippen LogP) is 3.87. The van der Waals surface area contributed by atoms with Crippen LogP contribution in [-0.4, -0.2) is 33.5 Å². The molecule has 3 rings (SSSR count). The Morgan fingerprint density at radius 3 is 2.68 bits per heavy atom. The number of ether oxygens (including phenoxy) is 1. The average molecular weight is 360 g/mol. The first-order valence-electron chi connectivity index (χ1n) is 8.13. The minimum Gasteiger partial charge on any atom is -0.375 e. The van der Waals surface area contributed by atoms with Gasteiger partial charge in [0.05, 0.1) is 6.10 Å². The highest BCUT2D eigenvalue weighted by atomic mass is 35.5. The molecule has 0 saturated heterocycles. The summed E-state index contributed by atoms with van der Waals surface area (Å²) in [5.41, 5.74) is 1.61. The van der Waals surface area contributed by atoms with Gasteiger partial charge in [0.25, 0.3) is 0 Å². The minimum atomic E-state index is -0.138. The number of methoxy groups -OCH3 is 1. The Kier molecular flexibility index (Phi) is 4.92. The van der Waals surface area contributed by atoms with Crippen LogP contribution in [0.25, 0.3) is 5.65 Å².